The van der Waals surface area contributed by atoms with E-state index < -0.39 is 0 Å². The van der Waals surface area contributed by atoms with Crippen LogP contribution in [0.4, 0.5) is 0 Å². The van der Waals surface area contributed by atoms with Crippen LogP contribution in [0.25, 0.3) is 0 Å². The Balaban J connectivity index is 2.39. The van der Waals surface area contributed by atoms with Gasteiger partial charge in [0.05, 0.1) is 5.75 Å². The number of carbonyl (C=O) groups excluding carboxylic acids is 1. The number of amidine groups is 1. The largest absolute Gasteiger partial charge is 0.277 e. The van der Waals surface area contributed by atoms with Crippen LogP contribution in [0.2, 0.25) is 0 Å². The van der Waals surface area contributed by atoms with E-state index in [1.54, 1.807) is 0 Å². The zero-order valence-corrected chi connectivity index (χ0v) is 6.49. The van der Waals surface area contributed by atoms with E-state index in [2.05, 4.69) is 15.8 Å². The van der Waals surface area contributed by atoms with Gasteiger partial charge in [-0.05, 0) is 6.92 Å². The number of aliphatic imine (C=N–C) groups is 1. The van der Waals surface area contributed by atoms with E-state index in [0.717, 1.165) is 11.7 Å². The molecule has 1 fully saturated rings. The van der Waals surface area contributed by atoms with Gasteiger partial charge in [-0.15, -0.1) is 0 Å². The number of hydrazine groups is 1. The van der Waals surface area contributed by atoms with Crippen LogP contribution in [0.5, 0.6) is 0 Å². The van der Waals surface area contributed by atoms with Gasteiger partial charge in [0.15, 0.2) is 5.17 Å². The first-order chi connectivity index (χ1) is 4.83. The maximum atomic E-state index is 10.6. The highest BCUT2D eigenvalue weighted by atomic mass is 32.2. The smallest absolute Gasteiger partial charge is 0.248 e. The van der Waals surface area contributed by atoms with Gasteiger partial charge in [-0.2, -0.15) is 0 Å². The third kappa shape index (κ3) is 1.91. The summed E-state index contributed by atoms with van der Waals surface area (Å²) in [5.41, 5.74) is 5.16. The Kier molecular flexibility index (Phi) is 2.56. The molecule has 0 atom stereocenters. The second-order valence-corrected chi connectivity index (χ2v) is 2.71. The molecule has 1 aliphatic heterocycles. The third-order valence-corrected chi connectivity index (χ3v) is 1.86. The molecule has 0 aromatic carbocycles. The van der Waals surface area contributed by atoms with Gasteiger partial charge in [0, 0.05) is 6.54 Å². The van der Waals surface area contributed by atoms with Crippen LogP contribution in [0.1, 0.15) is 6.92 Å². The summed E-state index contributed by atoms with van der Waals surface area (Å²) in [7, 11) is 0. The van der Waals surface area contributed by atoms with Crippen molar-refractivity contribution < 1.29 is 4.79 Å². The highest BCUT2D eigenvalue weighted by molar-refractivity contribution is 8.14. The maximum absolute atomic E-state index is 10.6. The first-order valence-corrected chi connectivity index (χ1v) is 4.03. The zero-order chi connectivity index (χ0) is 7.40. The van der Waals surface area contributed by atoms with Crippen molar-refractivity contribution in [2.75, 3.05) is 12.3 Å². The molecule has 0 spiro atoms. The van der Waals surface area contributed by atoms with Gasteiger partial charge in [-0.3, -0.25) is 20.6 Å². The molecule has 0 radical (unpaired) electrons. The Labute approximate surface area is 63.4 Å². The molecule has 0 bridgehead atoms. The van der Waals surface area contributed by atoms with Gasteiger partial charge < -0.3 is 0 Å². The Bertz CT molecular complexity index is 156. The Morgan fingerprint density at radius 1 is 1.70 bits per heavy atom. The fraction of sp³-hybridized carbons (Fsp3) is 0.600. The summed E-state index contributed by atoms with van der Waals surface area (Å²) < 4.78 is 0. The second-order valence-electron chi connectivity index (χ2n) is 1.74. The number of nitrogens with one attached hydrogen (secondary N) is 2. The first-order valence-electron chi connectivity index (χ1n) is 3.05. The van der Waals surface area contributed by atoms with Gasteiger partial charge in [0.25, 0.3) is 0 Å². The molecule has 2 N–H and O–H groups in total. The normalized spacial score (nSPS) is 22.1. The molecule has 0 aliphatic carbocycles. The Morgan fingerprint density at radius 3 is 3.00 bits per heavy atom. The van der Waals surface area contributed by atoms with Crippen molar-refractivity contribution in [3.63, 3.8) is 0 Å². The predicted molar refractivity (Wildman–Crippen MR) is 41.7 cm³/mol. The lowest BCUT2D eigenvalue weighted by atomic mass is 10.7. The van der Waals surface area contributed by atoms with E-state index >= 15 is 0 Å². The fourth-order valence-electron chi connectivity index (χ4n) is 0.558. The van der Waals surface area contributed by atoms with Crippen LogP contribution in [0.3, 0.4) is 0 Å². The van der Waals surface area contributed by atoms with E-state index in [9.17, 15) is 4.79 Å². The standard InChI is InChI=1S/C5H9N3OS/c1-2-6-5-8-7-4(9)3-10-5/h2-3H2,1H3,(H,6,8)(H,7,9). The van der Waals surface area contributed by atoms with Crippen molar-refractivity contribution in [1.82, 2.24) is 10.9 Å². The summed E-state index contributed by atoms with van der Waals surface area (Å²) in [5.74, 6) is 0.464. The summed E-state index contributed by atoms with van der Waals surface area (Å²) in [6, 6.07) is 0. The van der Waals surface area contributed by atoms with Crippen LogP contribution in [-0.4, -0.2) is 23.4 Å². The molecule has 1 heterocycles. The van der Waals surface area contributed by atoms with Gasteiger partial charge in [-0.25, -0.2) is 0 Å². The van der Waals surface area contributed by atoms with Crippen molar-refractivity contribution in [3.8, 4) is 0 Å². The van der Waals surface area contributed by atoms with E-state index in [1.165, 1.54) is 11.8 Å². The van der Waals surface area contributed by atoms with E-state index in [4.69, 9.17) is 0 Å². The van der Waals surface area contributed by atoms with Crippen molar-refractivity contribution in [2.45, 2.75) is 6.92 Å². The highest BCUT2D eigenvalue weighted by Crippen LogP contribution is 2.03. The molecule has 0 unspecified atom stereocenters. The summed E-state index contributed by atoms with van der Waals surface area (Å²) in [4.78, 5) is 14.6. The molecule has 1 rings (SSSR count). The molecule has 0 aromatic rings. The summed E-state index contributed by atoms with van der Waals surface area (Å²) in [5, 5.41) is 0.794. The number of thioether (sulfide) groups is 1. The summed E-state index contributed by atoms with van der Waals surface area (Å²) in [6.45, 7) is 2.69. The average Bonchev–Trinajstić information content (AvgIpc) is 1.95. The Hall–Kier alpha value is -0.710. The molecule has 1 aliphatic rings. The number of nitrogens with zero attached hydrogens (tertiary/aromatic N) is 1. The lowest BCUT2D eigenvalue weighted by Crippen LogP contribution is -2.46. The third-order valence-electron chi connectivity index (χ3n) is 0.951. The Morgan fingerprint density at radius 2 is 2.50 bits per heavy atom. The SMILES string of the molecule is CCN=C1NNC(=O)CS1. The molecule has 10 heavy (non-hydrogen) atoms. The molecule has 4 nitrogen and oxygen atoms in total. The average molecular weight is 159 g/mol. The van der Waals surface area contributed by atoms with Crippen molar-refractivity contribution in [1.29, 1.82) is 0 Å². The monoisotopic (exact) mass is 159 g/mol. The molecule has 1 amide bonds. The fourth-order valence-corrected chi connectivity index (χ4v) is 1.24. The van der Waals surface area contributed by atoms with Gasteiger partial charge >= 0.3 is 0 Å². The molecule has 5 heteroatoms. The number of amides is 1. The molecule has 56 valence electrons. The van der Waals surface area contributed by atoms with Gasteiger partial charge in [0.2, 0.25) is 5.91 Å². The lowest BCUT2D eigenvalue weighted by Gasteiger charge is -2.14. The lowest BCUT2D eigenvalue weighted by molar-refractivity contribution is -0.119. The van der Waals surface area contributed by atoms with Crippen LogP contribution in [0, 0.1) is 0 Å². The zero-order valence-electron chi connectivity index (χ0n) is 5.68. The van der Waals surface area contributed by atoms with Crippen molar-refractivity contribution >= 4 is 22.8 Å². The van der Waals surface area contributed by atoms with Crippen molar-refractivity contribution in [2.24, 2.45) is 4.99 Å². The number of rotatable bonds is 1. The number of hydrogen-bond acceptors (Lipinski definition) is 3. The van der Waals surface area contributed by atoms with Crippen LogP contribution < -0.4 is 10.9 Å². The minimum Gasteiger partial charge on any atom is -0.277 e. The van der Waals surface area contributed by atoms with Crippen LogP contribution in [-0.2, 0) is 4.79 Å². The molecule has 0 saturated carbocycles. The molecular formula is C5H9N3OS. The van der Waals surface area contributed by atoms with E-state index in [-0.39, 0.29) is 5.91 Å². The minimum absolute atomic E-state index is 0.0000491. The van der Waals surface area contributed by atoms with Crippen LogP contribution >= 0.6 is 11.8 Å². The number of hydrogen-bond donors (Lipinski definition) is 2. The minimum atomic E-state index is 0.0000491. The second kappa shape index (κ2) is 3.46. The van der Waals surface area contributed by atoms with Gasteiger partial charge in [0.1, 0.15) is 0 Å². The maximum Gasteiger partial charge on any atom is 0.248 e. The highest BCUT2D eigenvalue weighted by Gasteiger charge is 2.11. The molecular weight excluding hydrogens is 150 g/mol. The topological polar surface area (TPSA) is 53.5 Å². The predicted octanol–water partition coefficient (Wildman–Crippen LogP) is -0.270. The quantitative estimate of drug-likeness (QED) is 0.553. The first kappa shape index (κ1) is 7.40. The molecule has 1 saturated heterocycles. The summed E-state index contributed by atoms with van der Waals surface area (Å²) >= 11 is 1.42. The number of carbonyl (C=O) groups is 1. The molecule has 0 aromatic heterocycles. The van der Waals surface area contributed by atoms with Crippen molar-refractivity contribution in [3.05, 3.63) is 0 Å². The van der Waals surface area contributed by atoms with E-state index in [0.29, 0.717) is 5.75 Å². The van der Waals surface area contributed by atoms with Crippen LogP contribution in [0.15, 0.2) is 4.99 Å². The van der Waals surface area contributed by atoms with E-state index in [1.807, 2.05) is 6.92 Å². The van der Waals surface area contributed by atoms with Gasteiger partial charge in [-0.1, -0.05) is 11.8 Å². The summed E-state index contributed by atoms with van der Waals surface area (Å²) in [6.07, 6.45) is 0.